The van der Waals surface area contributed by atoms with Crippen molar-refractivity contribution in [1.29, 1.82) is 0 Å². The number of nitrogens with zero attached hydrogens (tertiary/aromatic N) is 1. The van der Waals surface area contributed by atoms with Crippen LogP contribution in [0.2, 0.25) is 0 Å². The zero-order valence-electron chi connectivity index (χ0n) is 12.6. The molecule has 5 heteroatoms. The van der Waals surface area contributed by atoms with E-state index in [0.717, 1.165) is 24.5 Å². The summed E-state index contributed by atoms with van der Waals surface area (Å²) in [5.41, 5.74) is 7.51. The Hall–Kier alpha value is -2.43. The van der Waals surface area contributed by atoms with Gasteiger partial charge in [0.05, 0.1) is 6.42 Å². The largest absolute Gasteiger partial charge is 0.399 e. The van der Waals surface area contributed by atoms with Crippen molar-refractivity contribution in [3.63, 3.8) is 0 Å². The Morgan fingerprint density at radius 3 is 2.61 bits per heavy atom. The molecule has 0 radical (unpaired) electrons. The summed E-state index contributed by atoms with van der Waals surface area (Å²) in [6.07, 6.45) is 2.07. The molecule has 0 unspecified atom stereocenters. The van der Waals surface area contributed by atoms with Crippen LogP contribution in [0.15, 0.2) is 42.5 Å². The van der Waals surface area contributed by atoms with Crippen molar-refractivity contribution in [1.82, 2.24) is 4.90 Å². The van der Waals surface area contributed by atoms with Crippen LogP contribution in [0.3, 0.4) is 0 Å². The van der Waals surface area contributed by atoms with Gasteiger partial charge in [-0.3, -0.25) is 4.79 Å². The van der Waals surface area contributed by atoms with Crippen molar-refractivity contribution < 1.29 is 13.6 Å². The second-order valence-corrected chi connectivity index (χ2v) is 5.91. The number of hydrogen-bond acceptors (Lipinski definition) is 2. The van der Waals surface area contributed by atoms with E-state index >= 15 is 0 Å². The van der Waals surface area contributed by atoms with Gasteiger partial charge in [0.15, 0.2) is 0 Å². The zero-order chi connectivity index (χ0) is 16.4. The Labute approximate surface area is 133 Å². The standard InChI is InChI=1S/C18H18F2N2O/c19-14-5-4-13(17(20)10-14)11-22(16-6-7-16)18(23)9-12-2-1-3-15(21)8-12/h1-5,8,10,16H,6-7,9,11,21H2. The van der Waals surface area contributed by atoms with Crippen molar-refractivity contribution in [3.05, 3.63) is 65.2 Å². The number of benzene rings is 2. The van der Waals surface area contributed by atoms with Crippen LogP contribution < -0.4 is 5.73 Å². The molecule has 0 saturated heterocycles. The van der Waals surface area contributed by atoms with E-state index in [-0.39, 0.29) is 24.9 Å². The lowest BCUT2D eigenvalue weighted by Gasteiger charge is -2.23. The Morgan fingerprint density at radius 1 is 1.17 bits per heavy atom. The molecule has 0 heterocycles. The first-order valence-electron chi connectivity index (χ1n) is 7.61. The van der Waals surface area contributed by atoms with Crippen LogP contribution in [0.5, 0.6) is 0 Å². The smallest absolute Gasteiger partial charge is 0.227 e. The van der Waals surface area contributed by atoms with E-state index in [0.29, 0.717) is 11.3 Å². The molecule has 1 amide bonds. The van der Waals surface area contributed by atoms with E-state index in [1.807, 2.05) is 6.07 Å². The van der Waals surface area contributed by atoms with Crippen LogP contribution in [0, 0.1) is 11.6 Å². The van der Waals surface area contributed by atoms with Crippen molar-refractivity contribution >= 4 is 11.6 Å². The molecule has 23 heavy (non-hydrogen) atoms. The van der Waals surface area contributed by atoms with Crippen LogP contribution in [0.1, 0.15) is 24.0 Å². The minimum atomic E-state index is -0.618. The van der Waals surface area contributed by atoms with E-state index in [1.54, 1.807) is 23.1 Å². The van der Waals surface area contributed by atoms with Crippen LogP contribution >= 0.6 is 0 Å². The topological polar surface area (TPSA) is 46.3 Å². The molecule has 3 rings (SSSR count). The van der Waals surface area contributed by atoms with Gasteiger partial charge >= 0.3 is 0 Å². The molecule has 2 aromatic rings. The number of hydrogen-bond donors (Lipinski definition) is 1. The molecule has 0 aliphatic heterocycles. The minimum absolute atomic E-state index is 0.0678. The van der Waals surface area contributed by atoms with Crippen LogP contribution in [0.4, 0.5) is 14.5 Å². The quantitative estimate of drug-likeness (QED) is 0.861. The van der Waals surface area contributed by atoms with E-state index < -0.39 is 11.6 Å². The number of nitrogen functional groups attached to an aromatic ring is 1. The highest BCUT2D eigenvalue weighted by Gasteiger charge is 2.32. The Balaban J connectivity index is 1.74. The summed E-state index contributed by atoms with van der Waals surface area (Å²) in [6.45, 7) is 0.165. The summed E-state index contributed by atoms with van der Waals surface area (Å²) in [7, 11) is 0. The monoisotopic (exact) mass is 316 g/mol. The normalized spacial score (nSPS) is 13.8. The van der Waals surface area contributed by atoms with Gasteiger partial charge in [0.2, 0.25) is 5.91 Å². The summed E-state index contributed by atoms with van der Waals surface area (Å²) in [4.78, 5) is 14.3. The van der Waals surface area contributed by atoms with Gasteiger partial charge in [0.25, 0.3) is 0 Å². The maximum atomic E-state index is 13.8. The average Bonchev–Trinajstić information content (AvgIpc) is 3.31. The second kappa shape index (κ2) is 6.36. The fraction of sp³-hybridized carbons (Fsp3) is 0.278. The molecule has 0 bridgehead atoms. The van der Waals surface area contributed by atoms with Crippen LogP contribution in [-0.4, -0.2) is 16.8 Å². The first kappa shape index (κ1) is 15.5. The van der Waals surface area contributed by atoms with Gasteiger partial charge in [0.1, 0.15) is 11.6 Å². The van der Waals surface area contributed by atoms with Crippen molar-refractivity contribution in [2.75, 3.05) is 5.73 Å². The van der Waals surface area contributed by atoms with Gasteiger partial charge in [-0.1, -0.05) is 18.2 Å². The highest BCUT2D eigenvalue weighted by molar-refractivity contribution is 5.79. The maximum Gasteiger partial charge on any atom is 0.227 e. The third kappa shape index (κ3) is 3.86. The number of halogens is 2. The molecule has 1 aliphatic rings. The van der Waals surface area contributed by atoms with Crippen molar-refractivity contribution in [3.8, 4) is 0 Å². The summed E-state index contributed by atoms with van der Waals surface area (Å²) in [5, 5.41) is 0. The fourth-order valence-electron chi connectivity index (χ4n) is 2.62. The molecular formula is C18H18F2N2O. The molecule has 1 aliphatic carbocycles. The van der Waals surface area contributed by atoms with Gasteiger partial charge in [0, 0.05) is 29.9 Å². The lowest BCUT2D eigenvalue weighted by molar-refractivity contribution is -0.131. The third-order valence-corrected chi connectivity index (χ3v) is 3.97. The van der Waals surface area contributed by atoms with Gasteiger partial charge in [-0.05, 0) is 36.6 Å². The maximum absolute atomic E-state index is 13.8. The molecule has 120 valence electrons. The number of carbonyl (C=O) groups excluding carboxylic acids is 1. The lowest BCUT2D eigenvalue weighted by atomic mass is 10.1. The summed E-state index contributed by atoms with van der Waals surface area (Å²) < 4.78 is 26.9. The van der Waals surface area contributed by atoms with Gasteiger partial charge in [-0.25, -0.2) is 8.78 Å². The molecule has 1 fully saturated rings. The molecule has 0 spiro atoms. The average molecular weight is 316 g/mol. The molecule has 3 nitrogen and oxygen atoms in total. The zero-order valence-corrected chi connectivity index (χ0v) is 12.6. The van der Waals surface area contributed by atoms with Crippen molar-refractivity contribution in [2.24, 2.45) is 0 Å². The number of amides is 1. The number of carbonyl (C=O) groups is 1. The predicted octanol–water partition coefficient (Wildman–Crippen LogP) is 3.28. The first-order chi connectivity index (χ1) is 11.0. The van der Waals surface area contributed by atoms with Crippen LogP contribution in [0.25, 0.3) is 0 Å². The van der Waals surface area contributed by atoms with Crippen molar-refractivity contribution in [2.45, 2.75) is 31.8 Å². The highest BCUT2D eigenvalue weighted by atomic mass is 19.1. The number of nitrogens with two attached hydrogens (primary N) is 1. The molecular weight excluding hydrogens is 298 g/mol. The molecule has 2 N–H and O–H groups in total. The number of anilines is 1. The highest BCUT2D eigenvalue weighted by Crippen LogP contribution is 2.29. The Kier molecular flexibility index (Phi) is 4.28. The lowest BCUT2D eigenvalue weighted by Crippen LogP contribution is -2.34. The molecule has 1 saturated carbocycles. The molecule has 0 aromatic heterocycles. The van der Waals surface area contributed by atoms with E-state index in [1.165, 1.54) is 12.1 Å². The number of rotatable bonds is 5. The first-order valence-corrected chi connectivity index (χ1v) is 7.61. The van der Waals surface area contributed by atoms with Crippen LogP contribution in [-0.2, 0) is 17.8 Å². The fourth-order valence-corrected chi connectivity index (χ4v) is 2.62. The third-order valence-electron chi connectivity index (χ3n) is 3.97. The van der Waals surface area contributed by atoms with Gasteiger partial charge in [-0.15, -0.1) is 0 Å². The van der Waals surface area contributed by atoms with E-state index in [4.69, 9.17) is 5.73 Å². The Bertz CT molecular complexity index is 729. The SMILES string of the molecule is Nc1cccc(CC(=O)N(Cc2ccc(F)cc2F)C2CC2)c1. The van der Waals surface area contributed by atoms with Gasteiger partial charge < -0.3 is 10.6 Å². The summed E-state index contributed by atoms with van der Waals surface area (Å²) in [5.74, 6) is -1.30. The van der Waals surface area contributed by atoms with E-state index in [9.17, 15) is 13.6 Å². The van der Waals surface area contributed by atoms with Gasteiger partial charge in [-0.2, -0.15) is 0 Å². The molecule has 2 aromatic carbocycles. The predicted molar refractivity (Wildman–Crippen MR) is 84.5 cm³/mol. The minimum Gasteiger partial charge on any atom is -0.399 e. The van der Waals surface area contributed by atoms with E-state index in [2.05, 4.69) is 0 Å². The molecule has 0 atom stereocenters. The summed E-state index contributed by atoms with van der Waals surface area (Å²) >= 11 is 0. The summed E-state index contributed by atoms with van der Waals surface area (Å²) in [6, 6.07) is 10.8. The Morgan fingerprint density at radius 2 is 1.96 bits per heavy atom. The second-order valence-electron chi connectivity index (χ2n) is 5.91.